The molecule has 0 radical (unpaired) electrons. The van der Waals surface area contributed by atoms with Crippen molar-refractivity contribution in [2.75, 3.05) is 13.2 Å². The van der Waals surface area contributed by atoms with Crippen LogP contribution >= 0.6 is 0 Å². The molecule has 3 N–H and O–H groups in total. The number of ether oxygens (including phenoxy) is 1. The van der Waals surface area contributed by atoms with Gasteiger partial charge in [0.25, 0.3) is 0 Å². The van der Waals surface area contributed by atoms with Crippen LogP contribution in [0.2, 0.25) is 0 Å². The van der Waals surface area contributed by atoms with Crippen molar-refractivity contribution >= 4 is 11.9 Å². The van der Waals surface area contributed by atoms with E-state index >= 15 is 0 Å². The summed E-state index contributed by atoms with van der Waals surface area (Å²) in [5.74, 6) is -0.00677. The molecule has 0 fully saturated rings. The molecule has 6 heteroatoms. The van der Waals surface area contributed by atoms with E-state index in [1.807, 2.05) is 0 Å². The normalized spacial score (nSPS) is 12.5. The summed E-state index contributed by atoms with van der Waals surface area (Å²) in [5, 5.41) is 23.3. The van der Waals surface area contributed by atoms with Crippen LogP contribution in [0.1, 0.15) is 418 Å². The van der Waals surface area contributed by atoms with Gasteiger partial charge in [-0.25, -0.2) is 0 Å². The van der Waals surface area contributed by atoms with Crippen molar-refractivity contribution < 1.29 is 24.5 Å². The maximum atomic E-state index is 12.5. The molecule has 0 saturated heterocycles. The van der Waals surface area contributed by atoms with Gasteiger partial charge in [-0.1, -0.05) is 366 Å². The first kappa shape index (κ1) is 77.6. The van der Waals surface area contributed by atoms with Gasteiger partial charge in [-0.3, -0.25) is 9.59 Å². The summed E-state index contributed by atoms with van der Waals surface area (Å²) in [4.78, 5) is 24.6. The van der Waals surface area contributed by atoms with Gasteiger partial charge in [-0.15, -0.1) is 0 Å². The molecule has 470 valence electrons. The Hall–Kier alpha value is -1.40. The molecule has 0 heterocycles. The van der Waals surface area contributed by atoms with Gasteiger partial charge in [0.1, 0.15) is 0 Å². The average molecular weight is 1110 g/mol. The molecule has 0 aliphatic heterocycles. The number of carbonyl (C=O) groups excluding carboxylic acids is 2. The lowest BCUT2D eigenvalue weighted by atomic mass is 10.0. The lowest BCUT2D eigenvalue weighted by Crippen LogP contribution is -2.45. The molecule has 0 aliphatic carbocycles. The molecule has 6 nitrogen and oxygen atoms in total. The molecule has 0 aromatic carbocycles. The van der Waals surface area contributed by atoms with E-state index in [9.17, 15) is 19.8 Å². The minimum atomic E-state index is -0.661. The van der Waals surface area contributed by atoms with Crippen molar-refractivity contribution in [3.05, 3.63) is 12.2 Å². The monoisotopic (exact) mass is 1110 g/mol. The van der Waals surface area contributed by atoms with Crippen molar-refractivity contribution in [1.29, 1.82) is 0 Å². The van der Waals surface area contributed by atoms with Crippen molar-refractivity contribution in [2.24, 2.45) is 0 Å². The van der Waals surface area contributed by atoms with Gasteiger partial charge >= 0.3 is 5.97 Å². The Balaban J connectivity index is 3.33. The van der Waals surface area contributed by atoms with Crippen molar-refractivity contribution in [2.45, 2.75) is 431 Å². The predicted molar refractivity (Wildman–Crippen MR) is 347 cm³/mol. The Labute approximate surface area is 495 Å². The maximum Gasteiger partial charge on any atom is 0.305 e. The van der Waals surface area contributed by atoms with Crippen LogP contribution in [0.4, 0.5) is 0 Å². The first-order valence-electron chi connectivity index (χ1n) is 36.4. The largest absolute Gasteiger partial charge is 0.466 e. The number of nitrogens with one attached hydrogen (secondary N) is 1. The lowest BCUT2D eigenvalue weighted by Gasteiger charge is -2.22. The van der Waals surface area contributed by atoms with E-state index in [4.69, 9.17) is 4.74 Å². The smallest absolute Gasteiger partial charge is 0.305 e. The molecule has 0 rings (SSSR count). The molecule has 0 aromatic rings. The van der Waals surface area contributed by atoms with Crippen LogP contribution in [0.15, 0.2) is 12.2 Å². The summed E-state index contributed by atoms with van der Waals surface area (Å²) in [6, 6.07) is -0.538. The number of allylic oxidation sites excluding steroid dienone is 2. The fourth-order valence-electron chi connectivity index (χ4n) is 11.8. The number of aliphatic hydroxyl groups is 2. The minimum Gasteiger partial charge on any atom is -0.466 e. The molecular weight excluding hydrogens is 971 g/mol. The number of carbonyl (C=O) groups is 2. The summed E-state index contributed by atoms with van der Waals surface area (Å²) in [6.45, 7) is 5.00. The van der Waals surface area contributed by atoms with Gasteiger partial charge in [0.05, 0.1) is 25.4 Å². The van der Waals surface area contributed by atoms with Crippen molar-refractivity contribution in [3.63, 3.8) is 0 Å². The number of hydrogen-bond donors (Lipinski definition) is 3. The van der Waals surface area contributed by atoms with E-state index in [0.717, 1.165) is 38.5 Å². The second-order valence-corrected chi connectivity index (χ2v) is 25.3. The van der Waals surface area contributed by atoms with Gasteiger partial charge in [-0.2, -0.15) is 0 Å². The third kappa shape index (κ3) is 65.6. The summed E-state index contributed by atoms with van der Waals surface area (Å²) in [7, 11) is 0. The zero-order valence-corrected chi connectivity index (χ0v) is 53.9. The molecule has 2 atom stereocenters. The highest BCUT2D eigenvalue weighted by molar-refractivity contribution is 5.76. The molecule has 0 aromatic heterocycles. The van der Waals surface area contributed by atoms with Crippen LogP contribution in [-0.4, -0.2) is 47.4 Å². The Morgan fingerprint density at radius 3 is 0.899 bits per heavy atom. The summed E-state index contributed by atoms with van der Waals surface area (Å²) >= 11 is 0. The molecule has 0 bridgehead atoms. The number of rotatable bonds is 69. The van der Waals surface area contributed by atoms with Crippen LogP contribution in [0.25, 0.3) is 0 Å². The number of unbranched alkanes of at least 4 members (excludes halogenated alkanes) is 56. The van der Waals surface area contributed by atoms with E-state index in [2.05, 4.69) is 31.3 Å². The van der Waals surface area contributed by atoms with Crippen LogP contribution in [0.5, 0.6) is 0 Å². The van der Waals surface area contributed by atoms with Crippen LogP contribution in [0, 0.1) is 0 Å². The van der Waals surface area contributed by atoms with Crippen LogP contribution < -0.4 is 5.32 Å². The van der Waals surface area contributed by atoms with E-state index < -0.39 is 12.1 Å². The molecular formula is C73H143NO5. The first-order valence-corrected chi connectivity index (χ1v) is 36.4. The lowest BCUT2D eigenvalue weighted by molar-refractivity contribution is -0.143. The zero-order valence-electron chi connectivity index (χ0n) is 53.9. The molecule has 0 aliphatic rings. The highest BCUT2D eigenvalue weighted by Crippen LogP contribution is 2.19. The molecule has 2 unspecified atom stereocenters. The third-order valence-electron chi connectivity index (χ3n) is 17.3. The summed E-state index contributed by atoms with van der Waals surface area (Å²) in [5.41, 5.74) is 0. The van der Waals surface area contributed by atoms with Crippen LogP contribution in [-0.2, 0) is 14.3 Å². The van der Waals surface area contributed by atoms with Gasteiger partial charge in [0.2, 0.25) is 5.91 Å². The van der Waals surface area contributed by atoms with E-state index in [1.54, 1.807) is 0 Å². The molecule has 79 heavy (non-hydrogen) atoms. The van der Waals surface area contributed by atoms with E-state index in [0.29, 0.717) is 25.9 Å². The topological polar surface area (TPSA) is 95.9 Å². The zero-order chi connectivity index (χ0) is 57.1. The standard InChI is InChI=1S/C73H143NO5/c1-3-5-7-9-11-13-15-17-37-41-45-49-53-57-61-65-71(76)70(69-75)74-72(77)66-62-58-54-50-46-42-39-35-33-31-29-27-25-23-21-19-20-22-24-26-28-30-32-34-36-40-44-48-52-56-60-64-68-79-73(78)67-63-59-55-51-47-43-38-18-16-14-12-10-8-6-4-2/h22,24,70-71,75-76H,3-21,23,25-69H2,1-2H3,(H,74,77)/b24-22-. The van der Waals surface area contributed by atoms with Gasteiger partial charge in [0, 0.05) is 12.8 Å². The minimum absolute atomic E-state index is 0.0221. The van der Waals surface area contributed by atoms with Crippen molar-refractivity contribution in [3.8, 4) is 0 Å². The van der Waals surface area contributed by atoms with Gasteiger partial charge in [-0.05, 0) is 51.4 Å². The third-order valence-corrected chi connectivity index (χ3v) is 17.3. The highest BCUT2D eigenvalue weighted by atomic mass is 16.5. The fourth-order valence-corrected chi connectivity index (χ4v) is 11.8. The van der Waals surface area contributed by atoms with E-state index in [1.165, 1.54) is 347 Å². The highest BCUT2D eigenvalue weighted by Gasteiger charge is 2.20. The average Bonchev–Trinajstić information content (AvgIpc) is 3.45. The number of hydrogen-bond acceptors (Lipinski definition) is 5. The summed E-state index contributed by atoms with van der Waals surface area (Å²) < 4.78 is 5.50. The van der Waals surface area contributed by atoms with Crippen LogP contribution in [0.3, 0.4) is 0 Å². The number of aliphatic hydroxyl groups excluding tert-OH is 2. The second kappa shape index (κ2) is 69.1. The Bertz CT molecular complexity index is 1190. The Morgan fingerprint density at radius 1 is 0.342 bits per heavy atom. The SMILES string of the molecule is CCCCCCCCCCCCCCCCCC(=O)OCCCCCCCCCCCCCC/C=C\CCCCCCCCCCCCCCCCCCC(=O)NC(CO)C(O)CCCCCCCCCCCCCCCCC. The Morgan fingerprint density at radius 2 is 0.595 bits per heavy atom. The second-order valence-electron chi connectivity index (χ2n) is 25.3. The first-order chi connectivity index (χ1) is 39.0. The fraction of sp³-hybridized carbons (Fsp3) is 0.945. The number of amides is 1. The quantitative estimate of drug-likeness (QED) is 0.0320. The maximum absolute atomic E-state index is 12.5. The van der Waals surface area contributed by atoms with E-state index in [-0.39, 0.29) is 18.5 Å². The van der Waals surface area contributed by atoms with Gasteiger partial charge < -0.3 is 20.3 Å². The van der Waals surface area contributed by atoms with Gasteiger partial charge in [0.15, 0.2) is 0 Å². The predicted octanol–water partition coefficient (Wildman–Crippen LogP) is 23.5. The van der Waals surface area contributed by atoms with Crippen molar-refractivity contribution in [1.82, 2.24) is 5.32 Å². The molecule has 0 spiro atoms. The summed E-state index contributed by atoms with van der Waals surface area (Å²) in [6.07, 6.45) is 85.6. The molecule has 0 saturated carbocycles. The Kier molecular flexibility index (Phi) is 67.9. The number of esters is 1. The molecule has 1 amide bonds.